The van der Waals surface area contributed by atoms with E-state index in [1.165, 1.54) is 0 Å². The average Bonchev–Trinajstić information content (AvgIpc) is 3.42. The van der Waals surface area contributed by atoms with Crippen LogP contribution >= 0.6 is 0 Å². The summed E-state index contributed by atoms with van der Waals surface area (Å²) in [5.41, 5.74) is 2.58. The molecule has 0 amide bonds. The first-order valence-corrected chi connectivity index (χ1v) is 11.4. The molecule has 0 radical (unpaired) electrons. The number of ether oxygens (including phenoxy) is 2. The van der Waals surface area contributed by atoms with E-state index in [9.17, 15) is 0 Å². The molecule has 32 heavy (non-hydrogen) atoms. The van der Waals surface area contributed by atoms with Crippen LogP contribution in [0.3, 0.4) is 0 Å². The van der Waals surface area contributed by atoms with E-state index >= 15 is 0 Å². The molecular formula is C25H27N5O2. The summed E-state index contributed by atoms with van der Waals surface area (Å²) in [5.74, 6) is 2.19. The third-order valence-electron chi connectivity index (χ3n) is 6.66. The third-order valence-corrected chi connectivity index (χ3v) is 6.66. The molecular weight excluding hydrogens is 402 g/mol. The highest BCUT2D eigenvalue weighted by molar-refractivity contribution is 5.93. The van der Waals surface area contributed by atoms with Crippen molar-refractivity contribution in [1.29, 1.82) is 0 Å². The Hall–Kier alpha value is -3.19. The molecule has 2 atom stereocenters. The quantitative estimate of drug-likeness (QED) is 0.652. The van der Waals surface area contributed by atoms with E-state index in [2.05, 4.69) is 62.4 Å². The van der Waals surface area contributed by atoms with Crippen LogP contribution in [-0.2, 0) is 4.74 Å². The van der Waals surface area contributed by atoms with Gasteiger partial charge < -0.3 is 14.4 Å². The van der Waals surface area contributed by atoms with Crippen LogP contribution in [0, 0.1) is 5.92 Å². The van der Waals surface area contributed by atoms with Crippen molar-refractivity contribution in [2.24, 2.45) is 5.92 Å². The van der Waals surface area contributed by atoms with Crippen molar-refractivity contribution in [2.45, 2.75) is 37.9 Å². The van der Waals surface area contributed by atoms with Gasteiger partial charge >= 0.3 is 0 Å². The first-order chi connectivity index (χ1) is 15.7. The summed E-state index contributed by atoms with van der Waals surface area (Å²) in [4.78, 5) is 11.4. The molecule has 7 heteroatoms. The van der Waals surface area contributed by atoms with E-state index in [0.717, 1.165) is 66.2 Å². The fourth-order valence-corrected chi connectivity index (χ4v) is 4.48. The first-order valence-electron chi connectivity index (χ1n) is 11.4. The van der Waals surface area contributed by atoms with Gasteiger partial charge in [-0.05, 0) is 44.4 Å². The van der Waals surface area contributed by atoms with Crippen LogP contribution in [0.5, 0.6) is 5.75 Å². The topological polar surface area (TPSA) is 76.2 Å². The number of morpholine rings is 1. The van der Waals surface area contributed by atoms with Crippen LogP contribution in [0.15, 0.2) is 54.9 Å². The second kappa shape index (κ2) is 7.74. The molecule has 2 aliphatic carbocycles. The molecule has 2 fully saturated rings. The molecule has 1 aromatic carbocycles. The number of rotatable bonds is 5. The Morgan fingerprint density at radius 2 is 2.12 bits per heavy atom. The van der Waals surface area contributed by atoms with E-state index in [4.69, 9.17) is 9.47 Å². The molecule has 1 N–H and O–H groups in total. The monoisotopic (exact) mass is 429 g/mol. The zero-order chi connectivity index (χ0) is 21.5. The van der Waals surface area contributed by atoms with Gasteiger partial charge in [0.2, 0.25) is 0 Å². The van der Waals surface area contributed by atoms with E-state index in [-0.39, 0.29) is 11.7 Å². The lowest BCUT2D eigenvalue weighted by Crippen LogP contribution is -2.45. The van der Waals surface area contributed by atoms with E-state index in [1.54, 1.807) is 6.33 Å². The maximum Gasteiger partial charge on any atom is 0.132 e. The van der Waals surface area contributed by atoms with Gasteiger partial charge in [0, 0.05) is 30.5 Å². The Kier molecular flexibility index (Phi) is 4.72. The minimum atomic E-state index is -0.0180. The lowest BCUT2D eigenvalue weighted by Gasteiger charge is -2.37. The fraction of sp³-hybridized carbons (Fsp3) is 0.400. The van der Waals surface area contributed by atoms with Crippen molar-refractivity contribution in [2.75, 3.05) is 24.6 Å². The van der Waals surface area contributed by atoms with Gasteiger partial charge in [0.15, 0.2) is 0 Å². The normalized spacial score (nSPS) is 24.1. The first kappa shape index (κ1) is 19.5. The molecule has 2 aromatic heterocycles. The molecule has 0 bridgehead atoms. The molecule has 3 aliphatic rings. The number of aromatic amines is 1. The van der Waals surface area contributed by atoms with Gasteiger partial charge in [0.25, 0.3) is 0 Å². The summed E-state index contributed by atoms with van der Waals surface area (Å²) < 4.78 is 12.2. The number of anilines is 1. The van der Waals surface area contributed by atoms with Crippen molar-refractivity contribution in [1.82, 2.24) is 20.2 Å². The number of benzene rings is 1. The largest absolute Gasteiger partial charge is 0.488 e. The Labute approximate surface area is 187 Å². The molecule has 164 valence electrons. The zero-order valence-corrected chi connectivity index (χ0v) is 18.2. The average molecular weight is 430 g/mol. The van der Waals surface area contributed by atoms with Gasteiger partial charge in [-0.15, -0.1) is 0 Å². The lowest BCUT2D eigenvalue weighted by atomic mass is 9.93. The fourth-order valence-electron chi connectivity index (χ4n) is 4.48. The highest BCUT2D eigenvalue weighted by Crippen LogP contribution is 2.40. The van der Waals surface area contributed by atoms with Crippen molar-refractivity contribution in [3.8, 4) is 17.1 Å². The van der Waals surface area contributed by atoms with Gasteiger partial charge in [-0.3, -0.25) is 5.10 Å². The number of fused-ring (bicyclic) bond motifs is 1. The Bertz CT molecular complexity index is 1200. The molecule has 7 nitrogen and oxygen atoms in total. The maximum atomic E-state index is 6.16. The predicted octanol–water partition coefficient (Wildman–Crippen LogP) is 4.29. The Balaban J connectivity index is 1.27. The standard InChI is InChI=1S/C25H27N5O2/c1-25(9-10-25)32-18-7-8-20-19(13-18)24(29-28-20)21-14-23(27-16-26-21)30-11-12-31-22(15-30)17-5-3-2-4-6-17/h2-5,7-8,13-14,16-17,22H,6,9-12,15H2,1H3,(H,28,29)/t17?,22-/m1/s1. The molecule has 1 saturated carbocycles. The molecule has 6 rings (SSSR count). The highest BCUT2D eigenvalue weighted by Gasteiger charge is 2.40. The second-order valence-corrected chi connectivity index (χ2v) is 9.16. The SMILES string of the molecule is CC1(Oc2ccc3[nH]nc(-c4cc(N5CCO[C@@H](C6C=CC=CC6)C5)ncn4)c3c2)CC1. The minimum Gasteiger partial charge on any atom is -0.488 e. The van der Waals surface area contributed by atoms with Crippen molar-refractivity contribution in [3.05, 3.63) is 54.9 Å². The lowest BCUT2D eigenvalue weighted by molar-refractivity contribution is 0.0144. The van der Waals surface area contributed by atoms with E-state index in [1.807, 2.05) is 18.2 Å². The summed E-state index contributed by atoms with van der Waals surface area (Å²) >= 11 is 0. The molecule has 1 unspecified atom stereocenters. The van der Waals surface area contributed by atoms with E-state index < -0.39 is 0 Å². The molecule has 1 aliphatic heterocycles. The third kappa shape index (κ3) is 3.77. The number of nitrogens with one attached hydrogen (secondary N) is 1. The summed E-state index contributed by atoms with van der Waals surface area (Å²) in [5, 5.41) is 8.70. The number of H-pyrrole nitrogens is 1. The van der Waals surface area contributed by atoms with Crippen molar-refractivity contribution >= 4 is 16.7 Å². The summed E-state index contributed by atoms with van der Waals surface area (Å²) in [6.45, 7) is 4.48. The second-order valence-electron chi connectivity index (χ2n) is 9.16. The van der Waals surface area contributed by atoms with Crippen LogP contribution in [0.2, 0.25) is 0 Å². The Morgan fingerprint density at radius 3 is 2.97 bits per heavy atom. The van der Waals surface area contributed by atoms with Gasteiger partial charge in [-0.25, -0.2) is 9.97 Å². The summed E-state index contributed by atoms with van der Waals surface area (Å²) in [6.07, 6.45) is 13.7. The number of nitrogens with zero attached hydrogens (tertiary/aromatic N) is 4. The van der Waals surface area contributed by atoms with Gasteiger partial charge in [-0.1, -0.05) is 24.3 Å². The van der Waals surface area contributed by atoms with Gasteiger partial charge in [-0.2, -0.15) is 5.10 Å². The molecule has 3 aromatic rings. The molecule has 1 saturated heterocycles. The smallest absolute Gasteiger partial charge is 0.132 e. The summed E-state index contributed by atoms with van der Waals surface area (Å²) in [7, 11) is 0. The van der Waals surface area contributed by atoms with Crippen LogP contribution in [-0.4, -0.2) is 51.6 Å². The van der Waals surface area contributed by atoms with Crippen LogP contribution in [0.1, 0.15) is 26.2 Å². The molecule has 0 spiro atoms. The van der Waals surface area contributed by atoms with Crippen LogP contribution in [0.4, 0.5) is 5.82 Å². The number of hydrogen-bond acceptors (Lipinski definition) is 6. The van der Waals surface area contributed by atoms with Gasteiger partial charge in [0.05, 0.1) is 23.9 Å². The van der Waals surface area contributed by atoms with Crippen molar-refractivity contribution in [3.63, 3.8) is 0 Å². The minimum absolute atomic E-state index is 0.0180. The van der Waals surface area contributed by atoms with Crippen LogP contribution < -0.4 is 9.64 Å². The zero-order valence-electron chi connectivity index (χ0n) is 18.2. The van der Waals surface area contributed by atoms with Crippen LogP contribution in [0.25, 0.3) is 22.3 Å². The maximum absolute atomic E-state index is 6.16. The Morgan fingerprint density at radius 1 is 1.19 bits per heavy atom. The summed E-state index contributed by atoms with van der Waals surface area (Å²) in [6, 6.07) is 8.12. The van der Waals surface area contributed by atoms with Gasteiger partial charge in [0.1, 0.15) is 29.2 Å². The highest BCUT2D eigenvalue weighted by atomic mass is 16.5. The number of aromatic nitrogens is 4. The van der Waals surface area contributed by atoms with Crippen molar-refractivity contribution < 1.29 is 9.47 Å². The molecule has 3 heterocycles. The number of hydrogen-bond donors (Lipinski definition) is 1. The van der Waals surface area contributed by atoms with E-state index in [0.29, 0.717) is 12.5 Å². The number of allylic oxidation sites excluding steroid dienone is 3. The predicted molar refractivity (Wildman–Crippen MR) is 124 cm³/mol.